The molecule has 2 heterocycles. The van der Waals surface area contributed by atoms with E-state index in [0.29, 0.717) is 0 Å². The van der Waals surface area contributed by atoms with Gasteiger partial charge in [-0.2, -0.15) is 0 Å². The number of hydrogen-bond acceptors (Lipinski definition) is 3. The van der Waals surface area contributed by atoms with Gasteiger partial charge in [-0.1, -0.05) is 0 Å². The van der Waals surface area contributed by atoms with Gasteiger partial charge < -0.3 is 15.5 Å². The highest BCUT2D eigenvalue weighted by Gasteiger charge is 2.25. The fraction of sp³-hybridized carbons (Fsp3) is 0.818. The summed E-state index contributed by atoms with van der Waals surface area (Å²) in [5.74, 6) is 0.124. The van der Waals surface area contributed by atoms with E-state index in [4.69, 9.17) is 0 Å². The minimum Gasteiger partial charge on any atom is -0.347 e. The van der Waals surface area contributed by atoms with Crippen molar-refractivity contribution >= 4 is 11.8 Å². The van der Waals surface area contributed by atoms with Gasteiger partial charge in [-0.3, -0.25) is 9.59 Å². The highest BCUT2D eigenvalue weighted by molar-refractivity contribution is 5.86. The second kappa shape index (κ2) is 5.30. The van der Waals surface area contributed by atoms with Crippen LogP contribution < -0.4 is 10.6 Å². The van der Waals surface area contributed by atoms with E-state index in [0.717, 1.165) is 39.0 Å². The number of likely N-dealkylation sites (tertiary alicyclic amines) is 1. The van der Waals surface area contributed by atoms with Gasteiger partial charge in [-0.15, -0.1) is 0 Å². The van der Waals surface area contributed by atoms with E-state index in [1.165, 1.54) is 6.42 Å². The smallest absolute Gasteiger partial charge is 0.241 e. The molecule has 2 fully saturated rings. The molecule has 0 aromatic heterocycles. The van der Waals surface area contributed by atoms with Crippen LogP contribution in [-0.2, 0) is 9.59 Å². The van der Waals surface area contributed by atoms with Crippen molar-refractivity contribution in [2.24, 2.45) is 5.92 Å². The zero-order chi connectivity index (χ0) is 11.4. The van der Waals surface area contributed by atoms with Crippen molar-refractivity contribution in [3.05, 3.63) is 0 Å². The topological polar surface area (TPSA) is 61.4 Å². The first kappa shape index (κ1) is 11.4. The summed E-state index contributed by atoms with van der Waals surface area (Å²) in [5, 5.41) is 5.75. The van der Waals surface area contributed by atoms with Crippen LogP contribution in [0.15, 0.2) is 0 Å². The summed E-state index contributed by atoms with van der Waals surface area (Å²) in [7, 11) is 0. The average molecular weight is 225 g/mol. The Bertz CT molecular complexity index is 270. The molecule has 0 aliphatic carbocycles. The molecule has 5 heteroatoms. The summed E-state index contributed by atoms with van der Waals surface area (Å²) >= 11 is 0. The van der Waals surface area contributed by atoms with Crippen LogP contribution in [0.1, 0.15) is 19.3 Å². The van der Waals surface area contributed by atoms with Crippen molar-refractivity contribution in [2.45, 2.75) is 19.3 Å². The third-order valence-corrected chi connectivity index (χ3v) is 3.27. The third kappa shape index (κ3) is 2.72. The van der Waals surface area contributed by atoms with E-state index in [9.17, 15) is 9.59 Å². The summed E-state index contributed by atoms with van der Waals surface area (Å²) in [6.45, 7) is 3.34. The van der Waals surface area contributed by atoms with Gasteiger partial charge in [-0.25, -0.2) is 0 Å². The highest BCUT2D eigenvalue weighted by atomic mass is 16.2. The number of amides is 2. The largest absolute Gasteiger partial charge is 0.347 e. The lowest BCUT2D eigenvalue weighted by atomic mass is 10.0. The highest BCUT2D eigenvalue weighted by Crippen LogP contribution is 2.08. The maximum Gasteiger partial charge on any atom is 0.241 e. The normalized spacial score (nSPS) is 21.4. The number of rotatable bonds is 3. The molecule has 0 aromatic rings. The quantitative estimate of drug-likeness (QED) is 0.670. The molecular formula is C11H19N3O2. The predicted molar refractivity (Wildman–Crippen MR) is 59.8 cm³/mol. The monoisotopic (exact) mass is 225 g/mol. The Morgan fingerprint density at radius 1 is 1.19 bits per heavy atom. The average Bonchev–Trinajstić information content (AvgIpc) is 2.25. The molecule has 0 saturated carbocycles. The second-order valence-corrected chi connectivity index (χ2v) is 4.51. The molecule has 5 nitrogen and oxygen atoms in total. The van der Waals surface area contributed by atoms with E-state index in [2.05, 4.69) is 10.6 Å². The van der Waals surface area contributed by atoms with Gasteiger partial charge in [0.25, 0.3) is 0 Å². The van der Waals surface area contributed by atoms with Crippen LogP contribution in [0, 0.1) is 5.92 Å². The number of carbonyl (C=O) groups excluding carboxylic acids is 2. The van der Waals surface area contributed by atoms with Gasteiger partial charge in [0, 0.05) is 26.2 Å². The number of carbonyl (C=O) groups is 2. The van der Waals surface area contributed by atoms with Gasteiger partial charge in [0.15, 0.2) is 0 Å². The molecule has 2 amide bonds. The molecule has 90 valence electrons. The number of nitrogens with zero attached hydrogens (tertiary/aromatic N) is 1. The molecule has 0 spiro atoms. The summed E-state index contributed by atoms with van der Waals surface area (Å²) < 4.78 is 0. The zero-order valence-corrected chi connectivity index (χ0v) is 9.50. The lowest BCUT2D eigenvalue weighted by molar-refractivity contribution is -0.135. The van der Waals surface area contributed by atoms with E-state index in [-0.39, 0.29) is 24.3 Å². The Morgan fingerprint density at radius 3 is 2.44 bits per heavy atom. The minimum absolute atomic E-state index is 0.00381. The molecule has 2 rings (SSSR count). The molecule has 2 N–H and O–H groups in total. The molecular weight excluding hydrogens is 206 g/mol. The lowest BCUT2D eigenvalue weighted by Crippen LogP contribution is -2.52. The van der Waals surface area contributed by atoms with Gasteiger partial charge in [0.05, 0.1) is 12.5 Å². The maximum atomic E-state index is 11.7. The molecule has 0 radical (unpaired) electrons. The number of hydrogen-bond donors (Lipinski definition) is 2. The minimum atomic E-state index is 0.00381. The predicted octanol–water partition coefficient (Wildman–Crippen LogP) is -0.665. The number of nitrogens with one attached hydrogen (secondary N) is 2. The third-order valence-electron chi connectivity index (χ3n) is 3.27. The SMILES string of the molecule is O=C(NCC(=O)N1CCCCC1)C1CNC1. The van der Waals surface area contributed by atoms with Crippen LogP contribution in [0.3, 0.4) is 0 Å². The van der Waals surface area contributed by atoms with Crippen molar-refractivity contribution < 1.29 is 9.59 Å². The van der Waals surface area contributed by atoms with E-state index in [1.54, 1.807) is 0 Å². The maximum absolute atomic E-state index is 11.7. The molecule has 2 aliphatic rings. The summed E-state index contributed by atoms with van der Waals surface area (Å²) in [6, 6.07) is 0. The Balaban J connectivity index is 1.67. The van der Waals surface area contributed by atoms with Gasteiger partial charge in [0.1, 0.15) is 0 Å². The van der Waals surface area contributed by atoms with Crippen LogP contribution in [0.25, 0.3) is 0 Å². The van der Waals surface area contributed by atoms with Crippen molar-refractivity contribution in [3.63, 3.8) is 0 Å². The summed E-state index contributed by atoms with van der Waals surface area (Å²) in [5.41, 5.74) is 0. The van der Waals surface area contributed by atoms with Crippen molar-refractivity contribution in [1.29, 1.82) is 0 Å². The van der Waals surface area contributed by atoms with Crippen LogP contribution in [0.4, 0.5) is 0 Å². The Morgan fingerprint density at radius 2 is 1.88 bits per heavy atom. The Hall–Kier alpha value is -1.10. The fourth-order valence-corrected chi connectivity index (χ4v) is 2.04. The molecule has 0 aromatic carbocycles. The van der Waals surface area contributed by atoms with Crippen LogP contribution in [0.5, 0.6) is 0 Å². The van der Waals surface area contributed by atoms with Gasteiger partial charge in [-0.05, 0) is 19.3 Å². The van der Waals surface area contributed by atoms with Crippen molar-refractivity contribution in [3.8, 4) is 0 Å². The van der Waals surface area contributed by atoms with Crippen molar-refractivity contribution in [1.82, 2.24) is 15.5 Å². The molecule has 0 bridgehead atoms. The van der Waals surface area contributed by atoms with Crippen LogP contribution >= 0.6 is 0 Å². The Kier molecular flexibility index (Phi) is 3.77. The fourth-order valence-electron chi connectivity index (χ4n) is 2.04. The molecule has 16 heavy (non-hydrogen) atoms. The van der Waals surface area contributed by atoms with E-state index in [1.807, 2.05) is 4.90 Å². The second-order valence-electron chi connectivity index (χ2n) is 4.51. The molecule has 0 unspecified atom stereocenters. The Labute approximate surface area is 95.6 Å². The van der Waals surface area contributed by atoms with Crippen LogP contribution in [0.2, 0.25) is 0 Å². The summed E-state index contributed by atoms with van der Waals surface area (Å²) in [6.07, 6.45) is 3.39. The first-order valence-electron chi connectivity index (χ1n) is 6.03. The van der Waals surface area contributed by atoms with E-state index < -0.39 is 0 Å². The van der Waals surface area contributed by atoms with Gasteiger partial charge >= 0.3 is 0 Å². The van der Waals surface area contributed by atoms with Crippen LogP contribution in [-0.4, -0.2) is 49.4 Å². The molecule has 0 atom stereocenters. The van der Waals surface area contributed by atoms with E-state index >= 15 is 0 Å². The first-order valence-corrected chi connectivity index (χ1v) is 6.03. The molecule has 2 saturated heterocycles. The summed E-state index contributed by atoms with van der Waals surface area (Å²) in [4.78, 5) is 25.1. The standard InChI is InChI=1S/C11H19N3O2/c15-10(14-4-2-1-3-5-14)8-13-11(16)9-6-12-7-9/h9,12H,1-8H2,(H,13,16). The first-order chi connectivity index (χ1) is 7.77. The van der Waals surface area contributed by atoms with Gasteiger partial charge in [0.2, 0.25) is 11.8 Å². The van der Waals surface area contributed by atoms with Crippen molar-refractivity contribution in [2.75, 3.05) is 32.7 Å². The number of piperidine rings is 1. The molecule has 2 aliphatic heterocycles. The lowest BCUT2D eigenvalue weighted by Gasteiger charge is -2.28. The zero-order valence-electron chi connectivity index (χ0n) is 9.50.